The maximum Gasteiger partial charge on any atom is 0.280 e. The SMILES string of the molecule is CC(C)c1ocnc1C(=O)Nc1n[nH]c(-c2ccccc2F)n1. The Labute approximate surface area is 131 Å². The fourth-order valence-electron chi connectivity index (χ4n) is 2.09. The topological polar surface area (TPSA) is 96.7 Å². The van der Waals surface area contributed by atoms with Crippen molar-refractivity contribution in [3.05, 3.63) is 47.9 Å². The van der Waals surface area contributed by atoms with Crippen molar-refractivity contribution < 1.29 is 13.6 Å². The molecule has 0 atom stereocenters. The first-order valence-electron chi connectivity index (χ1n) is 6.98. The summed E-state index contributed by atoms with van der Waals surface area (Å²) in [6.07, 6.45) is 1.22. The lowest BCUT2D eigenvalue weighted by Crippen LogP contribution is -2.15. The van der Waals surface area contributed by atoms with Gasteiger partial charge in [0.25, 0.3) is 5.91 Å². The van der Waals surface area contributed by atoms with Crippen molar-refractivity contribution in [1.29, 1.82) is 0 Å². The normalized spacial score (nSPS) is 11.0. The zero-order valence-electron chi connectivity index (χ0n) is 12.5. The van der Waals surface area contributed by atoms with E-state index in [4.69, 9.17) is 4.42 Å². The molecule has 0 aliphatic rings. The van der Waals surface area contributed by atoms with Crippen LogP contribution >= 0.6 is 0 Å². The molecule has 3 aromatic rings. The van der Waals surface area contributed by atoms with Crippen molar-refractivity contribution in [2.24, 2.45) is 0 Å². The van der Waals surface area contributed by atoms with Crippen LogP contribution in [0, 0.1) is 5.82 Å². The molecular weight excluding hydrogens is 301 g/mol. The van der Waals surface area contributed by atoms with Crippen molar-refractivity contribution in [3.63, 3.8) is 0 Å². The van der Waals surface area contributed by atoms with Gasteiger partial charge in [-0.15, -0.1) is 5.10 Å². The highest BCUT2D eigenvalue weighted by Gasteiger charge is 2.20. The number of H-pyrrole nitrogens is 1. The number of anilines is 1. The lowest BCUT2D eigenvalue weighted by molar-refractivity contribution is 0.101. The van der Waals surface area contributed by atoms with E-state index in [9.17, 15) is 9.18 Å². The van der Waals surface area contributed by atoms with Crippen LogP contribution in [0.3, 0.4) is 0 Å². The van der Waals surface area contributed by atoms with Crippen molar-refractivity contribution >= 4 is 11.9 Å². The van der Waals surface area contributed by atoms with Gasteiger partial charge in [0.05, 0.1) is 5.56 Å². The third kappa shape index (κ3) is 2.96. The summed E-state index contributed by atoms with van der Waals surface area (Å²) < 4.78 is 18.9. The summed E-state index contributed by atoms with van der Waals surface area (Å²) in [5.41, 5.74) is 0.446. The lowest BCUT2D eigenvalue weighted by Gasteiger charge is -2.02. The van der Waals surface area contributed by atoms with Gasteiger partial charge < -0.3 is 4.42 Å². The molecule has 2 aromatic heterocycles. The number of rotatable bonds is 4. The van der Waals surface area contributed by atoms with Gasteiger partial charge in [0.15, 0.2) is 17.9 Å². The second-order valence-electron chi connectivity index (χ2n) is 5.16. The van der Waals surface area contributed by atoms with Crippen LogP contribution in [0.15, 0.2) is 35.1 Å². The molecule has 0 aliphatic heterocycles. The maximum absolute atomic E-state index is 13.7. The molecule has 118 valence electrons. The number of carbonyl (C=O) groups excluding carboxylic acids is 1. The van der Waals surface area contributed by atoms with E-state index in [1.807, 2.05) is 13.8 Å². The molecule has 23 heavy (non-hydrogen) atoms. The molecule has 0 bridgehead atoms. The average Bonchev–Trinajstić information content (AvgIpc) is 3.16. The van der Waals surface area contributed by atoms with Crippen LogP contribution in [-0.4, -0.2) is 26.1 Å². The van der Waals surface area contributed by atoms with Gasteiger partial charge in [0.2, 0.25) is 5.95 Å². The Morgan fingerprint density at radius 3 is 2.87 bits per heavy atom. The van der Waals surface area contributed by atoms with Gasteiger partial charge >= 0.3 is 0 Å². The number of hydrogen-bond donors (Lipinski definition) is 2. The Hall–Kier alpha value is -3.03. The Morgan fingerprint density at radius 2 is 2.13 bits per heavy atom. The molecule has 1 amide bonds. The minimum atomic E-state index is -0.485. The van der Waals surface area contributed by atoms with Crippen LogP contribution in [-0.2, 0) is 0 Å². The fraction of sp³-hybridized carbons (Fsp3) is 0.200. The molecule has 0 radical (unpaired) electrons. The van der Waals surface area contributed by atoms with Gasteiger partial charge in [0.1, 0.15) is 11.6 Å². The summed E-state index contributed by atoms with van der Waals surface area (Å²) in [5, 5.41) is 8.97. The lowest BCUT2D eigenvalue weighted by atomic mass is 10.1. The van der Waals surface area contributed by atoms with Crippen LogP contribution in [0.1, 0.15) is 36.0 Å². The molecule has 0 unspecified atom stereocenters. The highest BCUT2D eigenvalue weighted by atomic mass is 19.1. The van der Waals surface area contributed by atoms with E-state index >= 15 is 0 Å². The van der Waals surface area contributed by atoms with E-state index in [0.29, 0.717) is 5.76 Å². The van der Waals surface area contributed by atoms with E-state index in [2.05, 4.69) is 25.5 Å². The van der Waals surface area contributed by atoms with Crippen LogP contribution in [0.2, 0.25) is 0 Å². The van der Waals surface area contributed by atoms with Crippen molar-refractivity contribution in [3.8, 4) is 11.4 Å². The van der Waals surface area contributed by atoms with E-state index in [1.54, 1.807) is 18.2 Å². The molecule has 2 N–H and O–H groups in total. The number of aromatic nitrogens is 4. The molecule has 0 spiro atoms. The van der Waals surface area contributed by atoms with Gasteiger partial charge in [-0.3, -0.25) is 15.2 Å². The molecule has 0 saturated heterocycles. The highest BCUT2D eigenvalue weighted by molar-refractivity contribution is 6.02. The summed E-state index contributed by atoms with van der Waals surface area (Å²) in [5.74, 6) is -0.165. The number of nitrogens with one attached hydrogen (secondary N) is 2. The number of aromatic amines is 1. The molecule has 0 fully saturated rings. The zero-order valence-corrected chi connectivity index (χ0v) is 12.5. The quantitative estimate of drug-likeness (QED) is 0.771. The predicted octanol–water partition coefficient (Wildman–Crippen LogP) is 2.97. The molecule has 1 aromatic carbocycles. The Kier molecular flexibility index (Phi) is 3.88. The number of halogens is 1. The highest BCUT2D eigenvalue weighted by Crippen LogP contribution is 2.21. The zero-order chi connectivity index (χ0) is 16.4. The van der Waals surface area contributed by atoms with Crippen molar-refractivity contribution in [1.82, 2.24) is 20.2 Å². The maximum atomic E-state index is 13.7. The summed E-state index contributed by atoms with van der Waals surface area (Å²) in [6, 6.07) is 6.15. The Morgan fingerprint density at radius 1 is 1.35 bits per heavy atom. The summed E-state index contributed by atoms with van der Waals surface area (Å²) >= 11 is 0. The van der Waals surface area contributed by atoms with Gasteiger partial charge in [0, 0.05) is 5.92 Å². The summed E-state index contributed by atoms with van der Waals surface area (Å²) in [4.78, 5) is 20.2. The third-order valence-electron chi connectivity index (χ3n) is 3.17. The van der Waals surface area contributed by atoms with E-state index in [1.165, 1.54) is 12.5 Å². The summed E-state index contributed by atoms with van der Waals surface area (Å²) in [6.45, 7) is 3.78. The minimum Gasteiger partial charge on any atom is -0.447 e. The van der Waals surface area contributed by atoms with Crippen LogP contribution in [0.4, 0.5) is 10.3 Å². The molecule has 3 rings (SSSR count). The third-order valence-corrected chi connectivity index (χ3v) is 3.17. The first-order chi connectivity index (χ1) is 11.1. The van der Waals surface area contributed by atoms with Crippen LogP contribution in [0.5, 0.6) is 0 Å². The minimum absolute atomic E-state index is 0.0133. The number of nitrogens with zero attached hydrogens (tertiary/aromatic N) is 3. The smallest absolute Gasteiger partial charge is 0.280 e. The van der Waals surface area contributed by atoms with Gasteiger partial charge in [-0.25, -0.2) is 9.37 Å². The molecule has 0 aliphatic carbocycles. The number of benzene rings is 1. The van der Waals surface area contributed by atoms with Crippen molar-refractivity contribution in [2.75, 3.05) is 5.32 Å². The second-order valence-corrected chi connectivity index (χ2v) is 5.16. The number of hydrogen-bond acceptors (Lipinski definition) is 5. The standard InChI is InChI=1S/C15H14FN5O2/c1-8(2)12-11(17-7-23-12)14(22)19-15-18-13(20-21-15)9-5-3-4-6-10(9)16/h3-8H,1-2H3,(H2,18,19,20,21,22). The largest absolute Gasteiger partial charge is 0.447 e. The van der Waals surface area contributed by atoms with Gasteiger partial charge in [-0.05, 0) is 12.1 Å². The summed E-state index contributed by atoms with van der Waals surface area (Å²) in [7, 11) is 0. The molecular formula is C15H14FN5O2. The van der Waals surface area contributed by atoms with E-state index in [-0.39, 0.29) is 28.9 Å². The molecule has 7 nitrogen and oxygen atoms in total. The van der Waals surface area contributed by atoms with Gasteiger partial charge in [-0.1, -0.05) is 26.0 Å². The predicted molar refractivity (Wildman–Crippen MR) is 80.3 cm³/mol. The molecule has 0 saturated carbocycles. The molecule has 8 heteroatoms. The Bertz CT molecular complexity index is 840. The number of carbonyl (C=O) groups is 1. The Balaban J connectivity index is 1.81. The monoisotopic (exact) mass is 315 g/mol. The van der Waals surface area contributed by atoms with Crippen LogP contribution in [0.25, 0.3) is 11.4 Å². The first-order valence-corrected chi connectivity index (χ1v) is 6.98. The second kappa shape index (κ2) is 5.99. The fourth-order valence-corrected chi connectivity index (χ4v) is 2.09. The number of amides is 1. The van der Waals surface area contributed by atoms with Crippen molar-refractivity contribution in [2.45, 2.75) is 19.8 Å². The first kappa shape index (κ1) is 14.9. The molecule has 2 heterocycles. The van der Waals surface area contributed by atoms with Gasteiger partial charge in [-0.2, -0.15) is 4.98 Å². The van der Waals surface area contributed by atoms with E-state index < -0.39 is 11.7 Å². The average molecular weight is 315 g/mol. The van der Waals surface area contributed by atoms with Crippen LogP contribution < -0.4 is 5.32 Å². The van der Waals surface area contributed by atoms with E-state index in [0.717, 1.165) is 0 Å². The number of oxazole rings is 1.